The van der Waals surface area contributed by atoms with Gasteiger partial charge in [-0.05, 0) is 6.92 Å². The highest BCUT2D eigenvalue weighted by atomic mass is 32.1. The zero-order valence-electron chi connectivity index (χ0n) is 9.19. The predicted molar refractivity (Wildman–Crippen MR) is 62.6 cm³/mol. The minimum Gasteiger partial charge on any atom is -0.314 e. The predicted octanol–water partition coefficient (Wildman–Crippen LogP) is -0.310. The van der Waals surface area contributed by atoms with Crippen LogP contribution in [0.3, 0.4) is 0 Å². The Hall–Kier alpha value is -1.05. The second-order valence-corrected chi connectivity index (χ2v) is 4.88. The minimum atomic E-state index is -0.0157. The molecule has 0 saturated carbocycles. The maximum absolute atomic E-state index is 11.7. The number of rotatable bonds is 3. The van der Waals surface area contributed by atoms with Crippen molar-refractivity contribution in [2.75, 3.05) is 38.0 Å². The van der Waals surface area contributed by atoms with Crippen LogP contribution in [0.25, 0.3) is 0 Å². The van der Waals surface area contributed by atoms with E-state index in [2.05, 4.69) is 25.7 Å². The Morgan fingerprint density at radius 1 is 1.50 bits per heavy atom. The lowest BCUT2D eigenvalue weighted by Crippen LogP contribution is -2.46. The average molecular weight is 241 g/mol. The van der Waals surface area contributed by atoms with E-state index < -0.39 is 0 Å². The van der Waals surface area contributed by atoms with Crippen molar-refractivity contribution in [3.63, 3.8) is 0 Å². The Morgan fingerprint density at radius 2 is 2.25 bits per heavy atom. The number of nitrogens with one attached hydrogen (secondary N) is 2. The van der Waals surface area contributed by atoms with Crippen molar-refractivity contribution in [3.05, 3.63) is 5.01 Å². The van der Waals surface area contributed by atoms with Crippen LogP contribution in [-0.2, 0) is 4.79 Å². The van der Waals surface area contributed by atoms with E-state index in [1.54, 1.807) is 0 Å². The molecule has 0 unspecified atom stereocenters. The molecule has 0 aliphatic carbocycles. The van der Waals surface area contributed by atoms with E-state index in [4.69, 9.17) is 0 Å². The third kappa shape index (κ3) is 3.22. The lowest BCUT2D eigenvalue weighted by molar-refractivity contribution is -0.117. The van der Waals surface area contributed by atoms with Crippen LogP contribution in [0.5, 0.6) is 0 Å². The molecule has 1 amide bonds. The third-order valence-corrected chi connectivity index (χ3v) is 3.10. The molecule has 2 N–H and O–H groups in total. The fraction of sp³-hybridized carbons (Fsp3) is 0.667. The van der Waals surface area contributed by atoms with E-state index in [-0.39, 0.29) is 5.91 Å². The number of aryl methyl sites for hydroxylation is 1. The first-order valence-electron chi connectivity index (χ1n) is 5.27. The molecule has 1 saturated heterocycles. The Balaban J connectivity index is 1.79. The highest BCUT2D eigenvalue weighted by Crippen LogP contribution is 2.13. The Bertz CT molecular complexity index is 361. The number of hydrogen-bond donors (Lipinski definition) is 2. The summed E-state index contributed by atoms with van der Waals surface area (Å²) in [5.74, 6) is -0.0157. The topological polar surface area (TPSA) is 70.2 Å². The van der Waals surface area contributed by atoms with Crippen LogP contribution in [0.1, 0.15) is 5.01 Å². The molecule has 0 spiro atoms. The van der Waals surface area contributed by atoms with Gasteiger partial charge in [0.05, 0.1) is 6.54 Å². The van der Waals surface area contributed by atoms with Crippen molar-refractivity contribution in [3.8, 4) is 0 Å². The summed E-state index contributed by atoms with van der Waals surface area (Å²) in [6, 6.07) is 0. The highest BCUT2D eigenvalue weighted by molar-refractivity contribution is 7.15. The number of carbonyl (C=O) groups excluding carboxylic acids is 1. The second kappa shape index (κ2) is 5.33. The largest absolute Gasteiger partial charge is 0.314 e. The van der Waals surface area contributed by atoms with Gasteiger partial charge >= 0.3 is 0 Å². The van der Waals surface area contributed by atoms with Crippen molar-refractivity contribution in [2.45, 2.75) is 6.92 Å². The molecule has 0 aromatic carbocycles. The summed E-state index contributed by atoms with van der Waals surface area (Å²) in [5.41, 5.74) is 0. The fourth-order valence-electron chi connectivity index (χ4n) is 1.58. The number of aromatic nitrogens is 2. The molecule has 1 aromatic rings. The molecule has 1 fully saturated rings. The zero-order chi connectivity index (χ0) is 11.4. The first kappa shape index (κ1) is 11.4. The number of carbonyl (C=O) groups is 1. The van der Waals surface area contributed by atoms with Gasteiger partial charge in [0.25, 0.3) is 0 Å². The quantitative estimate of drug-likeness (QED) is 0.759. The van der Waals surface area contributed by atoms with Gasteiger partial charge in [0.1, 0.15) is 5.01 Å². The Kier molecular flexibility index (Phi) is 3.81. The summed E-state index contributed by atoms with van der Waals surface area (Å²) in [6.45, 7) is 6.03. The number of anilines is 1. The van der Waals surface area contributed by atoms with Gasteiger partial charge in [-0.1, -0.05) is 11.3 Å². The lowest BCUT2D eigenvalue weighted by atomic mass is 10.3. The summed E-state index contributed by atoms with van der Waals surface area (Å²) in [6.07, 6.45) is 0. The number of nitrogens with zero attached hydrogens (tertiary/aromatic N) is 3. The fourth-order valence-corrected chi connectivity index (χ4v) is 2.19. The molecular weight excluding hydrogens is 226 g/mol. The first-order chi connectivity index (χ1) is 7.74. The van der Waals surface area contributed by atoms with Gasteiger partial charge in [0, 0.05) is 26.2 Å². The van der Waals surface area contributed by atoms with Gasteiger partial charge < -0.3 is 5.32 Å². The normalized spacial score (nSPS) is 17.3. The molecule has 16 heavy (non-hydrogen) atoms. The van der Waals surface area contributed by atoms with Gasteiger partial charge in [0.2, 0.25) is 11.0 Å². The summed E-state index contributed by atoms with van der Waals surface area (Å²) >= 11 is 1.39. The number of piperazine rings is 1. The highest BCUT2D eigenvalue weighted by Gasteiger charge is 2.14. The van der Waals surface area contributed by atoms with Gasteiger partial charge in [0.15, 0.2) is 0 Å². The molecule has 0 bridgehead atoms. The average Bonchev–Trinajstić information content (AvgIpc) is 2.65. The van der Waals surface area contributed by atoms with Gasteiger partial charge in [-0.15, -0.1) is 10.2 Å². The van der Waals surface area contributed by atoms with Crippen LogP contribution >= 0.6 is 11.3 Å². The first-order valence-corrected chi connectivity index (χ1v) is 6.09. The van der Waals surface area contributed by atoms with Crippen LogP contribution < -0.4 is 10.6 Å². The standard InChI is InChI=1S/C9H15N5OS/c1-7-12-13-9(16-7)11-8(15)6-14-4-2-10-3-5-14/h10H,2-6H2,1H3,(H,11,13,15). The van der Waals surface area contributed by atoms with Crippen LogP contribution in [0.4, 0.5) is 5.13 Å². The van der Waals surface area contributed by atoms with E-state index in [0.717, 1.165) is 31.2 Å². The second-order valence-electron chi connectivity index (χ2n) is 3.70. The van der Waals surface area contributed by atoms with Crippen molar-refractivity contribution >= 4 is 22.4 Å². The maximum atomic E-state index is 11.7. The van der Waals surface area contributed by atoms with Crippen molar-refractivity contribution in [2.24, 2.45) is 0 Å². The van der Waals surface area contributed by atoms with Crippen molar-refractivity contribution in [1.82, 2.24) is 20.4 Å². The summed E-state index contributed by atoms with van der Waals surface area (Å²) < 4.78 is 0. The van der Waals surface area contributed by atoms with E-state index in [1.165, 1.54) is 11.3 Å². The number of hydrogen-bond acceptors (Lipinski definition) is 6. The van der Waals surface area contributed by atoms with E-state index >= 15 is 0 Å². The number of amides is 1. The van der Waals surface area contributed by atoms with E-state index in [0.29, 0.717) is 11.7 Å². The van der Waals surface area contributed by atoms with Gasteiger partial charge in [-0.25, -0.2) is 0 Å². The van der Waals surface area contributed by atoms with Gasteiger partial charge in [-0.3, -0.25) is 15.0 Å². The van der Waals surface area contributed by atoms with Gasteiger partial charge in [-0.2, -0.15) is 0 Å². The molecule has 1 aromatic heterocycles. The monoisotopic (exact) mass is 241 g/mol. The molecule has 2 rings (SSSR count). The molecule has 2 heterocycles. The molecule has 0 radical (unpaired) electrons. The zero-order valence-corrected chi connectivity index (χ0v) is 10.0. The van der Waals surface area contributed by atoms with E-state index in [1.807, 2.05) is 6.92 Å². The molecule has 0 atom stereocenters. The smallest absolute Gasteiger partial charge is 0.240 e. The third-order valence-electron chi connectivity index (χ3n) is 2.35. The maximum Gasteiger partial charge on any atom is 0.240 e. The lowest BCUT2D eigenvalue weighted by Gasteiger charge is -2.26. The molecule has 6 nitrogen and oxygen atoms in total. The van der Waals surface area contributed by atoms with Crippen molar-refractivity contribution in [1.29, 1.82) is 0 Å². The molecule has 7 heteroatoms. The van der Waals surface area contributed by atoms with Crippen LogP contribution in [0.15, 0.2) is 0 Å². The molecule has 1 aliphatic heterocycles. The van der Waals surface area contributed by atoms with Crippen LogP contribution in [0, 0.1) is 6.92 Å². The van der Waals surface area contributed by atoms with Crippen LogP contribution in [-0.4, -0.2) is 53.7 Å². The summed E-state index contributed by atoms with van der Waals surface area (Å²) in [5, 5.41) is 15.1. The Morgan fingerprint density at radius 3 is 2.88 bits per heavy atom. The molecular formula is C9H15N5OS. The minimum absolute atomic E-state index is 0.0157. The summed E-state index contributed by atoms with van der Waals surface area (Å²) in [4.78, 5) is 13.8. The van der Waals surface area contributed by atoms with E-state index in [9.17, 15) is 4.79 Å². The molecule has 88 valence electrons. The Labute approximate surface area is 98.0 Å². The SMILES string of the molecule is Cc1nnc(NC(=O)CN2CCNCC2)s1. The van der Waals surface area contributed by atoms with Crippen molar-refractivity contribution < 1.29 is 4.79 Å². The summed E-state index contributed by atoms with van der Waals surface area (Å²) in [7, 11) is 0. The van der Waals surface area contributed by atoms with Crippen LogP contribution in [0.2, 0.25) is 0 Å². The molecule has 1 aliphatic rings.